The van der Waals surface area contributed by atoms with Gasteiger partial charge in [-0.2, -0.15) is 0 Å². The maximum atomic E-state index is 3.67. The van der Waals surface area contributed by atoms with Crippen LogP contribution < -0.4 is 5.32 Å². The first-order valence-corrected chi connectivity index (χ1v) is 8.69. The first kappa shape index (κ1) is 13.6. The number of fused-ring (bicyclic) bond motifs is 2. The second kappa shape index (κ2) is 5.94. The van der Waals surface area contributed by atoms with Crippen LogP contribution in [-0.4, -0.2) is 35.6 Å². The second-order valence-corrected chi connectivity index (χ2v) is 7.22. The standard InChI is InChI=1S/C16H26N2S/c1-3-17-13-10-14-6-7-15(11-13)18(14)12(2)9-16-5-4-8-19-16/h4-5,8,12-15,17H,3,6-7,9-11H2,1-2H3. The molecule has 3 heterocycles. The van der Waals surface area contributed by atoms with Crippen molar-refractivity contribution in [3.63, 3.8) is 0 Å². The third-order valence-electron chi connectivity index (χ3n) is 4.87. The topological polar surface area (TPSA) is 15.3 Å². The molecular formula is C16H26N2S. The van der Waals surface area contributed by atoms with Gasteiger partial charge >= 0.3 is 0 Å². The summed E-state index contributed by atoms with van der Waals surface area (Å²) in [7, 11) is 0. The van der Waals surface area contributed by atoms with Gasteiger partial charge in [-0.05, 0) is 57.0 Å². The van der Waals surface area contributed by atoms with Crippen LogP contribution in [0.1, 0.15) is 44.4 Å². The number of thiophene rings is 1. The molecule has 0 amide bonds. The van der Waals surface area contributed by atoms with Crippen LogP contribution in [0.5, 0.6) is 0 Å². The Hall–Kier alpha value is -0.380. The number of piperidine rings is 1. The molecule has 2 nitrogen and oxygen atoms in total. The van der Waals surface area contributed by atoms with Crippen molar-refractivity contribution in [2.45, 2.75) is 70.1 Å². The maximum absolute atomic E-state index is 3.67. The zero-order valence-corrected chi connectivity index (χ0v) is 13.0. The Balaban J connectivity index is 1.63. The van der Waals surface area contributed by atoms with E-state index in [-0.39, 0.29) is 0 Å². The molecule has 19 heavy (non-hydrogen) atoms. The summed E-state index contributed by atoms with van der Waals surface area (Å²) < 4.78 is 0. The molecule has 2 bridgehead atoms. The first-order chi connectivity index (χ1) is 9.28. The van der Waals surface area contributed by atoms with Gasteiger partial charge in [0.25, 0.3) is 0 Å². The van der Waals surface area contributed by atoms with Crippen molar-refractivity contribution in [3.8, 4) is 0 Å². The van der Waals surface area contributed by atoms with Gasteiger partial charge in [-0.3, -0.25) is 4.90 Å². The van der Waals surface area contributed by atoms with Crippen molar-refractivity contribution in [2.75, 3.05) is 6.54 Å². The van der Waals surface area contributed by atoms with Gasteiger partial charge in [0, 0.05) is 29.0 Å². The summed E-state index contributed by atoms with van der Waals surface area (Å²) in [6.07, 6.45) is 6.79. The van der Waals surface area contributed by atoms with Gasteiger partial charge in [-0.25, -0.2) is 0 Å². The predicted octanol–water partition coefficient (Wildman–Crippen LogP) is 3.28. The third-order valence-corrected chi connectivity index (χ3v) is 5.77. The Bertz CT molecular complexity index is 375. The van der Waals surface area contributed by atoms with Gasteiger partial charge in [-0.15, -0.1) is 11.3 Å². The summed E-state index contributed by atoms with van der Waals surface area (Å²) in [5.41, 5.74) is 0. The maximum Gasteiger partial charge on any atom is 0.0121 e. The molecule has 106 valence electrons. The molecule has 3 unspecified atom stereocenters. The van der Waals surface area contributed by atoms with Crippen LogP contribution >= 0.6 is 11.3 Å². The molecule has 0 aliphatic carbocycles. The zero-order chi connectivity index (χ0) is 13.2. The largest absolute Gasteiger partial charge is 0.314 e. The molecule has 0 spiro atoms. The number of rotatable bonds is 5. The fourth-order valence-electron chi connectivity index (χ4n) is 4.21. The van der Waals surface area contributed by atoms with Crippen LogP contribution in [0.15, 0.2) is 17.5 Å². The minimum Gasteiger partial charge on any atom is -0.314 e. The Kier molecular flexibility index (Phi) is 4.25. The summed E-state index contributed by atoms with van der Waals surface area (Å²) >= 11 is 1.91. The average molecular weight is 278 g/mol. The van der Waals surface area contributed by atoms with Crippen LogP contribution in [0.4, 0.5) is 0 Å². The summed E-state index contributed by atoms with van der Waals surface area (Å²) in [6, 6.07) is 7.61. The van der Waals surface area contributed by atoms with Gasteiger partial charge in [0.1, 0.15) is 0 Å². The molecule has 1 aromatic heterocycles. The van der Waals surface area contributed by atoms with Gasteiger partial charge < -0.3 is 5.32 Å². The summed E-state index contributed by atoms with van der Waals surface area (Å²) in [5.74, 6) is 0. The molecule has 3 rings (SSSR count). The zero-order valence-electron chi connectivity index (χ0n) is 12.1. The smallest absolute Gasteiger partial charge is 0.0121 e. The molecular weight excluding hydrogens is 252 g/mol. The van der Waals surface area contributed by atoms with Crippen LogP contribution in [0.2, 0.25) is 0 Å². The van der Waals surface area contributed by atoms with E-state index in [1.807, 2.05) is 11.3 Å². The Labute approximate surface area is 121 Å². The highest BCUT2D eigenvalue weighted by molar-refractivity contribution is 7.09. The summed E-state index contributed by atoms with van der Waals surface area (Å²) in [4.78, 5) is 4.38. The van der Waals surface area contributed by atoms with E-state index in [9.17, 15) is 0 Å². The molecule has 1 aromatic rings. The minimum absolute atomic E-state index is 0.707. The van der Waals surface area contributed by atoms with Crippen molar-refractivity contribution in [1.29, 1.82) is 0 Å². The Morgan fingerprint density at radius 1 is 1.37 bits per heavy atom. The second-order valence-electron chi connectivity index (χ2n) is 6.19. The average Bonchev–Trinajstić information content (AvgIpc) is 2.97. The van der Waals surface area contributed by atoms with Crippen molar-refractivity contribution in [3.05, 3.63) is 22.4 Å². The molecule has 3 heteroatoms. The molecule has 2 fully saturated rings. The lowest BCUT2D eigenvalue weighted by Gasteiger charge is -2.42. The van der Waals surface area contributed by atoms with Crippen molar-refractivity contribution in [1.82, 2.24) is 10.2 Å². The highest BCUT2D eigenvalue weighted by Gasteiger charge is 2.42. The Morgan fingerprint density at radius 3 is 2.68 bits per heavy atom. The lowest BCUT2D eigenvalue weighted by atomic mass is 9.95. The first-order valence-electron chi connectivity index (χ1n) is 7.81. The van der Waals surface area contributed by atoms with E-state index in [0.717, 1.165) is 24.7 Å². The number of hydrogen-bond acceptors (Lipinski definition) is 3. The van der Waals surface area contributed by atoms with Crippen LogP contribution in [0, 0.1) is 0 Å². The van der Waals surface area contributed by atoms with Crippen LogP contribution in [-0.2, 0) is 6.42 Å². The van der Waals surface area contributed by atoms with Crippen molar-refractivity contribution >= 4 is 11.3 Å². The van der Waals surface area contributed by atoms with Gasteiger partial charge in [-0.1, -0.05) is 13.0 Å². The van der Waals surface area contributed by atoms with E-state index >= 15 is 0 Å². The highest BCUT2D eigenvalue weighted by atomic mass is 32.1. The minimum atomic E-state index is 0.707. The van der Waals surface area contributed by atoms with Crippen LogP contribution in [0.3, 0.4) is 0 Å². The van der Waals surface area contributed by atoms with E-state index in [1.165, 1.54) is 32.1 Å². The monoisotopic (exact) mass is 278 g/mol. The molecule has 2 saturated heterocycles. The number of hydrogen-bond donors (Lipinski definition) is 1. The SMILES string of the molecule is CCNC1CC2CCC(C1)N2C(C)Cc1cccs1. The molecule has 1 N–H and O–H groups in total. The summed E-state index contributed by atoms with van der Waals surface area (Å²) in [5, 5.41) is 5.87. The quantitative estimate of drug-likeness (QED) is 0.889. The third kappa shape index (κ3) is 2.88. The fourth-order valence-corrected chi connectivity index (χ4v) is 5.04. The van der Waals surface area contributed by atoms with E-state index in [0.29, 0.717) is 6.04 Å². The molecule has 2 aliphatic rings. The molecule has 3 atom stereocenters. The van der Waals surface area contributed by atoms with Gasteiger partial charge in [0.2, 0.25) is 0 Å². The highest BCUT2D eigenvalue weighted by Crippen LogP contribution is 2.38. The van der Waals surface area contributed by atoms with E-state index < -0.39 is 0 Å². The van der Waals surface area contributed by atoms with Crippen molar-refractivity contribution in [2.24, 2.45) is 0 Å². The summed E-state index contributed by atoms with van der Waals surface area (Å²) in [6.45, 7) is 5.78. The van der Waals surface area contributed by atoms with Crippen molar-refractivity contribution < 1.29 is 0 Å². The molecule has 0 radical (unpaired) electrons. The van der Waals surface area contributed by atoms with Gasteiger partial charge in [0.15, 0.2) is 0 Å². The lowest BCUT2D eigenvalue weighted by Crippen LogP contribution is -2.52. The van der Waals surface area contributed by atoms with Crippen LogP contribution in [0.25, 0.3) is 0 Å². The molecule has 2 aliphatic heterocycles. The van der Waals surface area contributed by atoms with E-state index in [2.05, 4.69) is 41.6 Å². The van der Waals surface area contributed by atoms with E-state index in [1.54, 1.807) is 4.88 Å². The number of nitrogens with zero attached hydrogens (tertiary/aromatic N) is 1. The Morgan fingerprint density at radius 2 is 2.11 bits per heavy atom. The fraction of sp³-hybridized carbons (Fsp3) is 0.750. The van der Waals surface area contributed by atoms with Gasteiger partial charge in [0.05, 0.1) is 0 Å². The number of nitrogens with one attached hydrogen (secondary N) is 1. The lowest BCUT2D eigenvalue weighted by molar-refractivity contribution is 0.0781. The molecule has 0 saturated carbocycles. The molecule has 0 aromatic carbocycles. The predicted molar refractivity (Wildman–Crippen MR) is 82.8 cm³/mol. The van der Waals surface area contributed by atoms with E-state index in [4.69, 9.17) is 0 Å². The normalized spacial score (nSPS) is 32.6.